The number of fused-ring (bicyclic) bond motifs is 2. The molecule has 0 spiro atoms. The lowest BCUT2D eigenvalue weighted by Crippen LogP contribution is -2.39. The van der Waals surface area contributed by atoms with E-state index < -0.39 is 0 Å². The van der Waals surface area contributed by atoms with Gasteiger partial charge in [-0.1, -0.05) is 28.1 Å². The number of ether oxygens (including phenoxy) is 3. The van der Waals surface area contributed by atoms with E-state index in [-0.39, 0.29) is 5.78 Å². The van der Waals surface area contributed by atoms with E-state index in [1.807, 2.05) is 37.3 Å². The molecule has 0 radical (unpaired) electrons. The summed E-state index contributed by atoms with van der Waals surface area (Å²) in [4.78, 5) is 17.8. The number of ketones is 1. The van der Waals surface area contributed by atoms with E-state index in [1.165, 1.54) is 0 Å². The molecule has 3 aliphatic rings. The molecule has 0 aromatic heterocycles. The summed E-state index contributed by atoms with van der Waals surface area (Å²) >= 11 is 3.44. The molecule has 0 aliphatic carbocycles. The summed E-state index contributed by atoms with van der Waals surface area (Å²) in [5.41, 5.74) is 3.51. The maximum absolute atomic E-state index is 13.1. The Morgan fingerprint density at radius 2 is 1.81 bits per heavy atom. The Hall–Kier alpha value is -2.19. The lowest BCUT2D eigenvalue weighted by atomic mass is 10.00. The fraction of sp³-hybridized carbons (Fsp3) is 0.400. The highest BCUT2D eigenvalue weighted by molar-refractivity contribution is 9.10. The zero-order valence-corrected chi connectivity index (χ0v) is 19.8. The second-order valence-corrected chi connectivity index (χ2v) is 9.41. The van der Waals surface area contributed by atoms with Crippen LogP contribution < -0.4 is 9.47 Å². The Labute approximate surface area is 196 Å². The second-order valence-electron chi connectivity index (χ2n) is 8.49. The molecule has 3 heterocycles. The Morgan fingerprint density at radius 3 is 2.59 bits per heavy atom. The molecule has 168 valence electrons. The average Bonchev–Trinajstić information content (AvgIpc) is 3.12. The molecule has 2 aromatic carbocycles. The molecular formula is C25H27BrN2O4. The first-order chi connectivity index (χ1) is 15.6. The summed E-state index contributed by atoms with van der Waals surface area (Å²) in [6, 6.07) is 9.75. The molecule has 7 heteroatoms. The van der Waals surface area contributed by atoms with Crippen molar-refractivity contribution in [1.29, 1.82) is 0 Å². The van der Waals surface area contributed by atoms with Crippen LogP contribution in [0.3, 0.4) is 0 Å². The first-order valence-electron chi connectivity index (χ1n) is 11.1. The van der Waals surface area contributed by atoms with E-state index >= 15 is 0 Å². The lowest BCUT2D eigenvalue weighted by molar-refractivity contribution is 0.0329. The SMILES string of the molecule is Cc1c2c(cc3c1O/C(=C\c1ccc(Br)cc1)C3=O)CN(CCCN1CCOCC1)CO2. The second kappa shape index (κ2) is 9.35. The van der Waals surface area contributed by atoms with Crippen LogP contribution in [0.1, 0.15) is 33.5 Å². The predicted octanol–water partition coefficient (Wildman–Crippen LogP) is 4.25. The predicted molar refractivity (Wildman–Crippen MR) is 126 cm³/mol. The van der Waals surface area contributed by atoms with Gasteiger partial charge in [0.15, 0.2) is 5.76 Å². The third-order valence-electron chi connectivity index (χ3n) is 6.22. The fourth-order valence-corrected chi connectivity index (χ4v) is 4.76. The maximum Gasteiger partial charge on any atom is 0.231 e. The summed E-state index contributed by atoms with van der Waals surface area (Å²) in [6.45, 7) is 9.06. The van der Waals surface area contributed by atoms with Gasteiger partial charge in [0.05, 0.1) is 18.8 Å². The van der Waals surface area contributed by atoms with Gasteiger partial charge in [-0.05, 0) is 49.7 Å². The molecule has 0 bridgehead atoms. The highest BCUT2D eigenvalue weighted by atomic mass is 79.9. The van der Waals surface area contributed by atoms with Gasteiger partial charge < -0.3 is 14.2 Å². The Morgan fingerprint density at radius 1 is 1.06 bits per heavy atom. The minimum Gasteiger partial charge on any atom is -0.477 e. The molecule has 2 aromatic rings. The van der Waals surface area contributed by atoms with Crippen molar-refractivity contribution in [2.45, 2.75) is 19.9 Å². The largest absolute Gasteiger partial charge is 0.477 e. The van der Waals surface area contributed by atoms with Crippen molar-refractivity contribution in [2.24, 2.45) is 0 Å². The van der Waals surface area contributed by atoms with Gasteiger partial charge in [0.1, 0.15) is 18.2 Å². The smallest absolute Gasteiger partial charge is 0.231 e. The monoisotopic (exact) mass is 498 g/mol. The highest BCUT2D eigenvalue weighted by Gasteiger charge is 2.33. The molecule has 3 aliphatic heterocycles. The molecule has 1 saturated heterocycles. The van der Waals surface area contributed by atoms with Crippen LogP contribution in [0.5, 0.6) is 11.5 Å². The molecule has 1 fully saturated rings. The lowest BCUT2D eigenvalue weighted by Gasteiger charge is -2.31. The van der Waals surface area contributed by atoms with Crippen LogP contribution in [0.2, 0.25) is 0 Å². The number of carbonyl (C=O) groups is 1. The van der Waals surface area contributed by atoms with Gasteiger partial charge in [0.2, 0.25) is 5.78 Å². The zero-order valence-electron chi connectivity index (χ0n) is 18.2. The standard InChI is InChI=1S/C25H27BrN2O4/c1-17-24-19(15-28(16-31-24)8-2-7-27-9-11-30-12-10-27)14-21-23(29)22(32-25(17)21)13-18-3-5-20(26)6-4-18/h3-6,13-14H,2,7-12,15-16H2,1H3/b22-13-. The molecular weight excluding hydrogens is 472 g/mol. The number of hydrogen-bond acceptors (Lipinski definition) is 6. The number of rotatable bonds is 5. The minimum atomic E-state index is -0.0711. The van der Waals surface area contributed by atoms with Crippen molar-refractivity contribution in [3.8, 4) is 11.5 Å². The number of carbonyl (C=O) groups excluding carboxylic acids is 1. The van der Waals surface area contributed by atoms with Crippen LogP contribution >= 0.6 is 15.9 Å². The first-order valence-corrected chi connectivity index (χ1v) is 11.9. The van der Waals surface area contributed by atoms with Crippen molar-refractivity contribution in [3.05, 3.63) is 62.8 Å². The maximum atomic E-state index is 13.1. The molecule has 0 atom stereocenters. The summed E-state index contributed by atoms with van der Waals surface area (Å²) < 4.78 is 18.5. The van der Waals surface area contributed by atoms with Crippen molar-refractivity contribution in [1.82, 2.24) is 9.80 Å². The number of halogens is 1. The molecule has 0 saturated carbocycles. The van der Waals surface area contributed by atoms with Crippen LogP contribution in [0.4, 0.5) is 0 Å². The van der Waals surface area contributed by atoms with E-state index in [0.29, 0.717) is 23.8 Å². The third kappa shape index (κ3) is 4.48. The average molecular weight is 499 g/mol. The van der Waals surface area contributed by atoms with Gasteiger partial charge in [0, 0.05) is 41.8 Å². The number of benzene rings is 2. The molecule has 5 rings (SSSR count). The summed E-state index contributed by atoms with van der Waals surface area (Å²) in [7, 11) is 0. The van der Waals surface area contributed by atoms with E-state index in [4.69, 9.17) is 14.2 Å². The first kappa shape index (κ1) is 21.6. The van der Waals surface area contributed by atoms with E-state index in [9.17, 15) is 4.79 Å². The number of morpholine rings is 1. The van der Waals surface area contributed by atoms with Gasteiger partial charge in [-0.2, -0.15) is 0 Å². The highest BCUT2D eigenvalue weighted by Crippen LogP contribution is 2.43. The van der Waals surface area contributed by atoms with Crippen molar-refractivity contribution < 1.29 is 19.0 Å². The summed E-state index contributed by atoms with van der Waals surface area (Å²) in [6.07, 6.45) is 2.89. The number of hydrogen-bond donors (Lipinski definition) is 0. The number of nitrogens with zero attached hydrogens (tertiary/aromatic N) is 2. The van der Waals surface area contributed by atoms with Crippen LogP contribution in [-0.4, -0.2) is 61.7 Å². The Bertz CT molecular complexity index is 1040. The quantitative estimate of drug-likeness (QED) is 0.574. The molecule has 0 unspecified atom stereocenters. The van der Waals surface area contributed by atoms with E-state index in [1.54, 1.807) is 6.08 Å². The van der Waals surface area contributed by atoms with Crippen molar-refractivity contribution in [3.63, 3.8) is 0 Å². The molecule has 32 heavy (non-hydrogen) atoms. The van der Waals surface area contributed by atoms with Gasteiger partial charge in [-0.25, -0.2) is 0 Å². The van der Waals surface area contributed by atoms with Crippen LogP contribution in [0.15, 0.2) is 40.6 Å². The minimum absolute atomic E-state index is 0.0711. The number of Topliss-reactive ketones (excluding diaryl/α,β-unsaturated/α-hetero) is 1. The van der Waals surface area contributed by atoms with Gasteiger partial charge in [-0.3, -0.25) is 14.6 Å². The third-order valence-corrected chi connectivity index (χ3v) is 6.75. The Balaban J connectivity index is 1.28. The molecule has 6 nitrogen and oxygen atoms in total. The van der Waals surface area contributed by atoms with Gasteiger partial charge in [0.25, 0.3) is 0 Å². The van der Waals surface area contributed by atoms with Crippen LogP contribution in [-0.2, 0) is 11.3 Å². The van der Waals surface area contributed by atoms with E-state index in [0.717, 1.165) is 79.3 Å². The normalized spacial score (nSPS) is 20.1. The Kier molecular flexibility index (Phi) is 6.33. The topological polar surface area (TPSA) is 51.2 Å². The molecule has 0 amide bonds. The van der Waals surface area contributed by atoms with Crippen LogP contribution in [0.25, 0.3) is 6.08 Å². The fourth-order valence-electron chi connectivity index (χ4n) is 4.49. The van der Waals surface area contributed by atoms with Crippen LogP contribution in [0, 0.1) is 6.92 Å². The van der Waals surface area contributed by atoms with Gasteiger partial charge in [-0.15, -0.1) is 0 Å². The van der Waals surface area contributed by atoms with Gasteiger partial charge >= 0.3 is 0 Å². The molecule has 0 N–H and O–H groups in total. The number of allylic oxidation sites excluding steroid dienone is 1. The van der Waals surface area contributed by atoms with E-state index in [2.05, 4.69) is 25.7 Å². The zero-order chi connectivity index (χ0) is 22.1. The summed E-state index contributed by atoms with van der Waals surface area (Å²) in [5, 5.41) is 0. The van der Waals surface area contributed by atoms with Crippen molar-refractivity contribution >= 4 is 27.8 Å². The summed E-state index contributed by atoms with van der Waals surface area (Å²) in [5.74, 6) is 1.76. The van der Waals surface area contributed by atoms with Crippen molar-refractivity contribution in [2.75, 3.05) is 46.1 Å².